The van der Waals surface area contributed by atoms with Crippen LogP contribution in [0.3, 0.4) is 0 Å². The first kappa shape index (κ1) is 19.6. The molecule has 5 nitrogen and oxygen atoms in total. The summed E-state index contributed by atoms with van der Waals surface area (Å²) in [4.78, 5) is 35.8. The normalized spacial score (nSPS) is 41.9. The summed E-state index contributed by atoms with van der Waals surface area (Å²) in [6.45, 7) is 5.38. The molecule has 152 valence electrons. The highest BCUT2D eigenvalue weighted by Gasteiger charge is 2.65. The Morgan fingerprint density at radius 3 is 2.64 bits per heavy atom. The van der Waals surface area contributed by atoms with E-state index in [2.05, 4.69) is 13.8 Å². The van der Waals surface area contributed by atoms with E-state index in [4.69, 9.17) is 4.74 Å². The van der Waals surface area contributed by atoms with Gasteiger partial charge in [-0.1, -0.05) is 25.5 Å². The third-order valence-electron chi connectivity index (χ3n) is 8.44. The van der Waals surface area contributed by atoms with Crippen LogP contribution in [0.2, 0.25) is 0 Å². The minimum Gasteiger partial charge on any atom is -0.457 e. The second kappa shape index (κ2) is 6.38. The number of carbonyl (C=O) groups excluding carboxylic acids is 3. The van der Waals surface area contributed by atoms with Crippen molar-refractivity contribution < 1.29 is 24.2 Å². The van der Waals surface area contributed by atoms with Crippen LogP contribution in [-0.2, 0) is 19.1 Å². The van der Waals surface area contributed by atoms with Crippen molar-refractivity contribution >= 4 is 17.5 Å². The van der Waals surface area contributed by atoms with Crippen LogP contribution in [0.4, 0.5) is 0 Å². The zero-order chi connectivity index (χ0) is 20.3. The molecule has 0 spiro atoms. The topological polar surface area (TPSA) is 80.7 Å². The molecule has 0 unspecified atom stereocenters. The molecule has 0 amide bonds. The molecule has 0 aromatic carbocycles. The molecule has 5 heteroatoms. The van der Waals surface area contributed by atoms with Gasteiger partial charge in [0.2, 0.25) is 0 Å². The number of hydrogen-bond acceptors (Lipinski definition) is 5. The van der Waals surface area contributed by atoms with Gasteiger partial charge in [0, 0.05) is 24.3 Å². The summed E-state index contributed by atoms with van der Waals surface area (Å²) < 4.78 is 4.95. The van der Waals surface area contributed by atoms with Crippen molar-refractivity contribution in [3.63, 3.8) is 0 Å². The molecule has 1 N–H and O–H groups in total. The number of ether oxygens (including phenoxy) is 1. The smallest absolute Gasteiger partial charge is 0.303 e. The van der Waals surface area contributed by atoms with Crippen molar-refractivity contribution in [2.75, 3.05) is 6.61 Å². The lowest BCUT2D eigenvalue weighted by Crippen LogP contribution is -2.63. The third kappa shape index (κ3) is 2.58. The number of rotatable bonds is 3. The summed E-state index contributed by atoms with van der Waals surface area (Å²) in [6.07, 6.45) is 8.85. The fraction of sp³-hybridized carbons (Fsp3) is 0.696. The first-order chi connectivity index (χ1) is 13.1. The monoisotopic (exact) mass is 386 g/mol. The van der Waals surface area contributed by atoms with E-state index in [9.17, 15) is 19.5 Å². The predicted molar refractivity (Wildman–Crippen MR) is 103 cm³/mol. The number of aliphatic hydroxyl groups is 1. The second-order valence-corrected chi connectivity index (χ2v) is 9.62. The maximum atomic E-state index is 12.7. The van der Waals surface area contributed by atoms with Crippen LogP contribution in [0, 0.1) is 22.7 Å². The molecule has 0 aromatic heterocycles. The molecular formula is C23H30O5. The number of hydrogen-bond donors (Lipinski definition) is 1. The summed E-state index contributed by atoms with van der Waals surface area (Å²) in [7, 11) is 0. The van der Waals surface area contributed by atoms with E-state index >= 15 is 0 Å². The Kier molecular flexibility index (Phi) is 4.46. The average Bonchev–Trinajstić information content (AvgIpc) is 2.98. The Hall–Kier alpha value is -1.75. The van der Waals surface area contributed by atoms with Crippen LogP contribution < -0.4 is 0 Å². The van der Waals surface area contributed by atoms with Gasteiger partial charge >= 0.3 is 5.97 Å². The molecule has 0 bridgehead atoms. The molecule has 0 aliphatic heterocycles. The van der Waals surface area contributed by atoms with E-state index in [-0.39, 0.29) is 40.8 Å². The van der Waals surface area contributed by atoms with Crippen LogP contribution in [-0.4, -0.2) is 34.9 Å². The Labute approximate surface area is 166 Å². The number of ketones is 2. The molecule has 0 radical (unpaired) electrons. The van der Waals surface area contributed by atoms with Crippen molar-refractivity contribution in [3.05, 3.63) is 23.3 Å². The maximum Gasteiger partial charge on any atom is 0.303 e. The highest BCUT2D eigenvalue weighted by Crippen LogP contribution is 2.67. The maximum absolute atomic E-state index is 12.7. The van der Waals surface area contributed by atoms with Crippen molar-refractivity contribution in [3.8, 4) is 0 Å². The molecule has 4 aliphatic carbocycles. The minimum atomic E-state index is -0.829. The fourth-order valence-corrected chi connectivity index (χ4v) is 6.75. The SMILES string of the molecule is CC(=O)OCC(=O)C1=CC[C@H]2[C@@H]3CCC4=CC(=O)CC[C@]4(C)[C@@]3(O)CC[C@]12C. The van der Waals surface area contributed by atoms with Gasteiger partial charge in [-0.3, -0.25) is 14.4 Å². The van der Waals surface area contributed by atoms with Gasteiger partial charge < -0.3 is 9.84 Å². The molecule has 2 saturated carbocycles. The Morgan fingerprint density at radius 1 is 1.18 bits per heavy atom. The van der Waals surface area contributed by atoms with E-state index in [0.29, 0.717) is 19.3 Å². The highest BCUT2D eigenvalue weighted by atomic mass is 16.5. The molecule has 4 aliphatic rings. The van der Waals surface area contributed by atoms with Crippen molar-refractivity contribution in [1.82, 2.24) is 0 Å². The zero-order valence-electron chi connectivity index (χ0n) is 17.0. The van der Waals surface area contributed by atoms with E-state index in [1.165, 1.54) is 6.92 Å². The van der Waals surface area contributed by atoms with Gasteiger partial charge in [-0.25, -0.2) is 0 Å². The van der Waals surface area contributed by atoms with Crippen LogP contribution in [0.1, 0.15) is 65.7 Å². The van der Waals surface area contributed by atoms with Gasteiger partial charge in [-0.2, -0.15) is 0 Å². The van der Waals surface area contributed by atoms with Gasteiger partial charge in [-0.15, -0.1) is 0 Å². The molecule has 0 heterocycles. The zero-order valence-corrected chi connectivity index (χ0v) is 17.0. The lowest BCUT2D eigenvalue weighted by molar-refractivity contribution is -0.185. The molecule has 28 heavy (non-hydrogen) atoms. The second-order valence-electron chi connectivity index (χ2n) is 9.62. The molecule has 5 atom stereocenters. The first-order valence-corrected chi connectivity index (χ1v) is 10.5. The third-order valence-corrected chi connectivity index (χ3v) is 8.44. The lowest BCUT2D eigenvalue weighted by Gasteiger charge is -2.62. The van der Waals surface area contributed by atoms with Crippen LogP contribution in [0.5, 0.6) is 0 Å². The summed E-state index contributed by atoms with van der Waals surface area (Å²) in [5, 5.41) is 12.0. The van der Waals surface area contributed by atoms with Crippen LogP contribution in [0.25, 0.3) is 0 Å². The molecule has 0 aromatic rings. The van der Waals surface area contributed by atoms with E-state index in [1.807, 2.05) is 6.08 Å². The van der Waals surface area contributed by atoms with E-state index < -0.39 is 11.6 Å². The van der Waals surface area contributed by atoms with Gasteiger partial charge in [0.1, 0.15) is 0 Å². The number of Topliss-reactive ketones (excluding diaryl/α,β-unsaturated/α-hetero) is 1. The summed E-state index contributed by atoms with van der Waals surface area (Å²) in [5.41, 5.74) is 0.421. The van der Waals surface area contributed by atoms with Gasteiger partial charge in [0.25, 0.3) is 0 Å². The Bertz CT molecular complexity index is 808. The molecule has 0 saturated heterocycles. The quantitative estimate of drug-likeness (QED) is 0.753. The summed E-state index contributed by atoms with van der Waals surface area (Å²) in [5.74, 6) is -0.0685. The standard InChI is InChI=1S/C23H30O5/c1-14(24)28-13-20(26)19-7-6-17-18-5-4-15-12-16(25)8-9-22(15,3)23(18,27)11-10-21(17,19)2/h7,12,17-18,27H,4-6,8-11,13H2,1-3H3/t17-,18-,21-,22-,23+/m0/s1. The first-order valence-electron chi connectivity index (χ1n) is 10.5. The molecular weight excluding hydrogens is 356 g/mol. The fourth-order valence-electron chi connectivity index (χ4n) is 6.75. The van der Waals surface area contributed by atoms with Gasteiger partial charge in [-0.05, 0) is 61.9 Å². The molecule has 2 fully saturated rings. The highest BCUT2D eigenvalue weighted by molar-refractivity contribution is 5.99. The largest absolute Gasteiger partial charge is 0.457 e. The van der Waals surface area contributed by atoms with Crippen molar-refractivity contribution in [1.29, 1.82) is 0 Å². The van der Waals surface area contributed by atoms with Crippen molar-refractivity contribution in [2.24, 2.45) is 22.7 Å². The van der Waals surface area contributed by atoms with Crippen molar-refractivity contribution in [2.45, 2.75) is 71.3 Å². The molecule has 4 rings (SSSR count). The van der Waals surface area contributed by atoms with Gasteiger partial charge in [0.05, 0.1) is 5.60 Å². The number of fused-ring (bicyclic) bond motifs is 5. The number of esters is 1. The minimum absolute atomic E-state index is 0.108. The summed E-state index contributed by atoms with van der Waals surface area (Å²) >= 11 is 0. The number of allylic oxidation sites excluding steroid dienone is 2. The Balaban J connectivity index is 1.62. The van der Waals surface area contributed by atoms with E-state index in [0.717, 1.165) is 36.8 Å². The van der Waals surface area contributed by atoms with Gasteiger partial charge in [0.15, 0.2) is 18.2 Å². The summed E-state index contributed by atoms with van der Waals surface area (Å²) in [6, 6.07) is 0. The Morgan fingerprint density at radius 2 is 1.93 bits per heavy atom. The van der Waals surface area contributed by atoms with Crippen LogP contribution in [0.15, 0.2) is 23.3 Å². The predicted octanol–water partition coefficient (Wildman–Crippen LogP) is 3.30. The van der Waals surface area contributed by atoms with E-state index in [1.54, 1.807) is 6.08 Å². The number of carbonyl (C=O) groups is 3. The average molecular weight is 386 g/mol. The lowest BCUT2D eigenvalue weighted by atomic mass is 9.44. The van der Waals surface area contributed by atoms with Crippen LogP contribution >= 0.6 is 0 Å².